The zero-order valence-electron chi connectivity index (χ0n) is 9.18. The highest BCUT2D eigenvalue weighted by Gasteiger charge is 2.19. The van der Waals surface area contributed by atoms with Gasteiger partial charge in [0.05, 0.1) is 9.98 Å². The molecule has 2 aromatic heterocycles. The molecule has 9 heteroatoms. The van der Waals surface area contributed by atoms with E-state index < -0.39 is 10.0 Å². The summed E-state index contributed by atoms with van der Waals surface area (Å²) in [5.74, 6) is 0. The molecular formula is C9H11BrN4O2S2. The van der Waals surface area contributed by atoms with E-state index in [0.717, 1.165) is 8.66 Å². The maximum atomic E-state index is 12.0. The molecule has 0 aliphatic rings. The van der Waals surface area contributed by atoms with Gasteiger partial charge >= 0.3 is 0 Å². The largest absolute Gasteiger partial charge is 0.326 e. The number of nitrogens with zero attached hydrogens (tertiary/aromatic N) is 1. The molecule has 2 heterocycles. The van der Waals surface area contributed by atoms with Gasteiger partial charge in [-0.15, -0.1) is 11.3 Å². The van der Waals surface area contributed by atoms with Gasteiger partial charge in [0.2, 0.25) is 0 Å². The number of halogens is 1. The molecule has 0 fully saturated rings. The van der Waals surface area contributed by atoms with Crippen molar-refractivity contribution < 1.29 is 8.42 Å². The highest BCUT2D eigenvalue weighted by molar-refractivity contribution is 9.11. The van der Waals surface area contributed by atoms with Gasteiger partial charge in [0.1, 0.15) is 0 Å². The van der Waals surface area contributed by atoms with Crippen LogP contribution >= 0.6 is 27.3 Å². The lowest BCUT2D eigenvalue weighted by Crippen LogP contribution is -2.24. The van der Waals surface area contributed by atoms with Crippen molar-refractivity contribution in [2.45, 2.75) is 18.1 Å². The van der Waals surface area contributed by atoms with Gasteiger partial charge in [0, 0.05) is 23.5 Å². The molecule has 18 heavy (non-hydrogen) atoms. The van der Waals surface area contributed by atoms with Crippen molar-refractivity contribution in [1.29, 1.82) is 0 Å². The number of hydrogen-bond acceptors (Lipinski definition) is 5. The Morgan fingerprint density at radius 1 is 1.50 bits per heavy atom. The lowest BCUT2D eigenvalue weighted by atomic mass is 10.4. The third kappa shape index (κ3) is 2.98. The summed E-state index contributed by atoms with van der Waals surface area (Å²) in [5, 5.41) is 6.17. The Balaban J connectivity index is 2.13. The zero-order valence-corrected chi connectivity index (χ0v) is 12.4. The fraction of sp³-hybridized carbons (Fsp3) is 0.222. The Kier molecular flexibility index (Phi) is 4.17. The lowest BCUT2D eigenvalue weighted by molar-refractivity contribution is 0.576. The van der Waals surface area contributed by atoms with Crippen LogP contribution in [-0.4, -0.2) is 18.6 Å². The third-order valence-corrected chi connectivity index (χ3v) is 5.27. The van der Waals surface area contributed by atoms with E-state index in [9.17, 15) is 8.42 Å². The summed E-state index contributed by atoms with van der Waals surface area (Å²) in [5.41, 5.74) is 5.91. The van der Waals surface area contributed by atoms with E-state index in [1.165, 1.54) is 17.5 Å². The minimum Gasteiger partial charge on any atom is -0.326 e. The van der Waals surface area contributed by atoms with E-state index in [4.69, 9.17) is 5.73 Å². The van der Waals surface area contributed by atoms with Crippen LogP contribution < -0.4 is 10.5 Å². The Morgan fingerprint density at radius 3 is 2.89 bits per heavy atom. The molecule has 0 bridgehead atoms. The Hall–Kier alpha value is -0.740. The number of rotatable bonds is 5. The molecular weight excluding hydrogens is 340 g/mol. The van der Waals surface area contributed by atoms with Gasteiger partial charge < -0.3 is 5.73 Å². The van der Waals surface area contributed by atoms with Gasteiger partial charge in [0.15, 0.2) is 5.03 Å². The van der Waals surface area contributed by atoms with Gasteiger partial charge in [-0.2, -0.15) is 5.10 Å². The second-order valence-corrected chi connectivity index (χ2v) is 7.71. The summed E-state index contributed by atoms with van der Waals surface area (Å²) in [4.78, 5) is 0.916. The van der Waals surface area contributed by atoms with Crippen LogP contribution in [0, 0.1) is 0 Å². The van der Waals surface area contributed by atoms with Crippen LogP contribution in [0.1, 0.15) is 10.4 Å². The van der Waals surface area contributed by atoms with Crippen LogP contribution in [-0.2, 0) is 23.1 Å². The average Bonchev–Trinajstić information content (AvgIpc) is 2.95. The molecule has 0 radical (unpaired) electrons. The molecule has 2 rings (SSSR count). The van der Waals surface area contributed by atoms with Crippen molar-refractivity contribution in [3.63, 3.8) is 0 Å². The maximum Gasteiger partial charge on any atom is 0.258 e. The van der Waals surface area contributed by atoms with Gasteiger partial charge in [-0.05, 0) is 28.1 Å². The molecule has 0 saturated carbocycles. The van der Waals surface area contributed by atoms with E-state index >= 15 is 0 Å². The molecule has 0 amide bonds. The fourth-order valence-corrected chi connectivity index (χ4v) is 4.02. The number of nitrogens with one attached hydrogen (secondary N) is 2. The maximum absolute atomic E-state index is 12.0. The van der Waals surface area contributed by atoms with Crippen molar-refractivity contribution in [3.8, 4) is 0 Å². The standard InChI is InChI=1S/C9H11BrN4O2S2/c10-8-2-1-7(17-8)5-13-18(15,16)9-6(3-11)4-12-14-9/h1-2,4,13H,3,5,11H2,(H,12,14). The number of aromatic amines is 1. The summed E-state index contributed by atoms with van der Waals surface area (Å²) in [7, 11) is -3.61. The van der Waals surface area contributed by atoms with Crippen molar-refractivity contribution in [1.82, 2.24) is 14.9 Å². The monoisotopic (exact) mass is 350 g/mol. The van der Waals surface area contributed by atoms with E-state index in [2.05, 4.69) is 30.8 Å². The Labute approximate surface area is 117 Å². The minimum absolute atomic E-state index is 0.0284. The molecule has 6 nitrogen and oxygen atoms in total. The van der Waals surface area contributed by atoms with Crippen LogP contribution in [0.4, 0.5) is 0 Å². The Bertz CT molecular complexity index is 635. The van der Waals surface area contributed by atoms with E-state index in [1.54, 1.807) is 0 Å². The van der Waals surface area contributed by atoms with Crippen molar-refractivity contribution >= 4 is 37.3 Å². The summed E-state index contributed by atoms with van der Waals surface area (Å²) in [6.07, 6.45) is 1.41. The first-order chi connectivity index (χ1) is 8.53. The summed E-state index contributed by atoms with van der Waals surface area (Å²) >= 11 is 4.80. The molecule has 0 aliphatic heterocycles. The second kappa shape index (κ2) is 5.49. The molecule has 98 valence electrons. The molecule has 0 aromatic carbocycles. The van der Waals surface area contributed by atoms with Crippen LogP contribution in [0.3, 0.4) is 0 Å². The smallest absolute Gasteiger partial charge is 0.258 e. The number of H-pyrrole nitrogens is 1. The van der Waals surface area contributed by atoms with Crippen LogP contribution in [0.5, 0.6) is 0 Å². The van der Waals surface area contributed by atoms with Crippen molar-refractivity contribution in [2.24, 2.45) is 5.73 Å². The zero-order chi connectivity index (χ0) is 13.2. The number of aromatic nitrogens is 2. The Morgan fingerprint density at radius 2 is 2.28 bits per heavy atom. The molecule has 2 aromatic rings. The number of nitrogens with two attached hydrogens (primary N) is 1. The molecule has 0 aliphatic carbocycles. The molecule has 0 atom stereocenters. The quantitative estimate of drug-likeness (QED) is 0.753. The SMILES string of the molecule is NCc1cn[nH]c1S(=O)(=O)NCc1ccc(Br)s1. The van der Waals surface area contributed by atoms with E-state index in [1.807, 2.05) is 12.1 Å². The van der Waals surface area contributed by atoms with Crippen molar-refractivity contribution in [2.75, 3.05) is 0 Å². The first-order valence-corrected chi connectivity index (χ1v) is 8.08. The highest BCUT2D eigenvalue weighted by atomic mass is 79.9. The van der Waals surface area contributed by atoms with Gasteiger partial charge in [-0.25, -0.2) is 13.1 Å². The van der Waals surface area contributed by atoms with Crippen molar-refractivity contribution in [3.05, 3.63) is 32.6 Å². The number of hydrogen-bond donors (Lipinski definition) is 3. The van der Waals surface area contributed by atoms with Crippen LogP contribution in [0.15, 0.2) is 27.1 Å². The topological polar surface area (TPSA) is 101 Å². The second-order valence-electron chi connectivity index (χ2n) is 3.46. The summed E-state index contributed by atoms with van der Waals surface area (Å²) in [6.45, 7) is 0.360. The predicted octanol–water partition coefficient (Wildman–Crippen LogP) is 1.17. The minimum atomic E-state index is -3.61. The summed E-state index contributed by atoms with van der Waals surface area (Å²) in [6, 6.07) is 3.73. The lowest BCUT2D eigenvalue weighted by Gasteiger charge is -2.04. The molecule has 0 spiro atoms. The average molecular weight is 351 g/mol. The molecule has 0 saturated heterocycles. The van der Waals surface area contributed by atoms with Crippen LogP contribution in [0.25, 0.3) is 0 Å². The van der Waals surface area contributed by atoms with E-state index in [0.29, 0.717) is 5.56 Å². The first kappa shape index (κ1) is 13.7. The summed E-state index contributed by atoms with van der Waals surface area (Å²) < 4.78 is 27.5. The van der Waals surface area contributed by atoms with Gasteiger partial charge in [-0.1, -0.05) is 0 Å². The molecule has 0 unspecified atom stereocenters. The first-order valence-electron chi connectivity index (χ1n) is 4.99. The van der Waals surface area contributed by atoms with Gasteiger partial charge in [-0.3, -0.25) is 5.10 Å². The van der Waals surface area contributed by atoms with E-state index in [-0.39, 0.29) is 18.1 Å². The number of sulfonamides is 1. The third-order valence-electron chi connectivity index (χ3n) is 2.23. The van der Waals surface area contributed by atoms with Crippen LogP contribution in [0.2, 0.25) is 0 Å². The molecule has 4 N–H and O–H groups in total. The highest BCUT2D eigenvalue weighted by Crippen LogP contribution is 2.22. The fourth-order valence-electron chi connectivity index (χ4n) is 1.36. The number of thiophene rings is 1. The van der Waals surface area contributed by atoms with Gasteiger partial charge in [0.25, 0.3) is 10.0 Å². The normalized spacial score (nSPS) is 11.9. The predicted molar refractivity (Wildman–Crippen MR) is 72.5 cm³/mol.